The Hall–Kier alpha value is -1.93. The van der Waals surface area contributed by atoms with Gasteiger partial charge < -0.3 is 5.32 Å². The summed E-state index contributed by atoms with van der Waals surface area (Å²) in [6.07, 6.45) is 1.02. The Kier molecular flexibility index (Phi) is 4.52. The van der Waals surface area contributed by atoms with Gasteiger partial charge in [0, 0.05) is 12.3 Å². The van der Waals surface area contributed by atoms with E-state index in [9.17, 15) is 17.6 Å². The van der Waals surface area contributed by atoms with Crippen LogP contribution in [0.15, 0.2) is 24.3 Å². The average Bonchev–Trinajstić information content (AvgIpc) is 2.72. The molecule has 0 radical (unpaired) electrons. The predicted molar refractivity (Wildman–Crippen MR) is 81.2 cm³/mol. The third-order valence-corrected chi connectivity index (χ3v) is 3.71. The third-order valence-electron chi connectivity index (χ3n) is 2.69. The second-order valence-electron chi connectivity index (χ2n) is 4.84. The van der Waals surface area contributed by atoms with Crippen molar-refractivity contribution >= 4 is 33.0 Å². The summed E-state index contributed by atoms with van der Waals surface area (Å²) in [6.45, 7) is 1.72. The molecule has 0 unspecified atom stereocenters. The Balaban J connectivity index is 2.21. The number of nitrogens with one attached hydrogen (secondary N) is 1. The monoisotopic (exact) mass is 345 g/mol. The molecule has 0 saturated carbocycles. The van der Waals surface area contributed by atoms with Gasteiger partial charge in [-0.15, -0.1) is 0 Å². The predicted octanol–water partition coefficient (Wildman–Crippen LogP) is 2.24. The highest BCUT2D eigenvalue weighted by atomic mass is 35.5. The molecule has 0 aliphatic carbocycles. The molecule has 0 saturated heterocycles. The van der Waals surface area contributed by atoms with Gasteiger partial charge in [-0.2, -0.15) is 5.10 Å². The number of nitrogens with zero attached hydrogens (tertiary/aromatic N) is 2. The van der Waals surface area contributed by atoms with Gasteiger partial charge in [0.1, 0.15) is 16.8 Å². The smallest absolute Gasteiger partial charge is 0.276 e. The number of anilines is 1. The van der Waals surface area contributed by atoms with Crippen LogP contribution in [-0.2, 0) is 15.7 Å². The van der Waals surface area contributed by atoms with Gasteiger partial charge in [-0.05, 0) is 24.6 Å². The Labute approximate surface area is 131 Å². The normalized spacial score (nSPS) is 11.5. The van der Waals surface area contributed by atoms with Crippen molar-refractivity contribution in [3.05, 3.63) is 46.5 Å². The number of rotatable bonds is 4. The topological polar surface area (TPSA) is 81.1 Å². The van der Waals surface area contributed by atoms with Gasteiger partial charge >= 0.3 is 0 Å². The molecule has 2 rings (SSSR count). The summed E-state index contributed by atoms with van der Waals surface area (Å²) >= 11 is 5.83. The van der Waals surface area contributed by atoms with Crippen molar-refractivity contribution in [3.63, 3.8) is 0 Å². The fraction of sp³-hybridized carbons (Fsp3) is 0.231. The molecule has 2 aromatic rings. The van der Waals surface area contributed by atoms with Crippen molar-refractivity contribution in [1.29, 1.82) is 0 Å². The fourth-order valence-corrected chi connectivity index (χ4v) is 2.64. The van der Waals surface area contributed by atoms with Crippen LogP contribution < -0.4 is 5.32 Å². The highest BCUT2D eigenvalue weighted by molar-refractivity contribution is 7.89. The molecule has 0 spiro atoms. The lowest BCUT2D eigenvalue weighted by atomic mass is 10.2. The first-order chi connectivity index (χ1) is 10.2. The summed E-state index contributed by atoms with van der Waals surface area (Å²) in [5, 5.41) is 6.17. The van der Waals surface area contributed by atoms with Crippen LogP contribution in [0.1, 0.15) is 16.1 Å². The minimum absolute atomic E-state index is 0.0000435. The number of amides is 1. The van der Waals surface area contributed by atoms with E-state index in [0.29, 0.717) is 0 Å². The van der Waals surface area contributed by atoms with Crippen molar-refractivity contribution in [2.75, 3.05) is 11.6 Å². The van der Waals surface area contributed by atoms with Crippen LogP contribution in [0.4, 0.5) is 10.1 Å². The zero-order chi connectivity index (χ0) is 16.5. The lowest BCUT2D eigenvalue weighted by Crippen LogP contribution is -2.15. The summed E-state index contributed by atoms with van der Waals surface area (Å²) in [5.74, 6) is -1.70. The van der Waals surface area contributed by atoms with Crippen LogP contribution in [0.5, 0.6) is 0 Å². The molecule has 1 aromatic carbocycles. The number of aryl methyl sites for hydroxylation is 1. The number of halogens is 2. The molecule has 1 N–H and O–H groups in total. The Morgan fingerprint density at radius 1 is 1.41 bits per heavy atom. The fourth-order valence-electron chi connectivity index (χ4n) is 1.73. The lowest BCUT2D eigenvalue weighted by Gasteiger charge is -2.05. The van der Waals surface area contributed by atoms with Crippen LogP contribution in [0.3, 0.4) is 0 Å². The zero-order valence-corrected chi connectivity index (χ0v) is 13.4. The second-order valence-corrected chi connectivity index (χ2v) is 7.34. The number of carbonyl (C=O) groups is 1. The first-order valence-electron chi connectivity index (χ1n) is 6.14. The van der Waals surface area contributed by atoms with Crippen LogP contribution in [0, 0.1) is 12.7 Å². The average molecular weight is 346 g/mol. The van der Waals surface area contributed by atoms with E-state index in [1.807, 2.05) is 0 Å². The van der Waals surface area contributed by atoms with Gasteiger partial charge in [0.25, 0.3) is 5.91 Å². The van der Waals surface area contributed by atoms with Crippen molar-refractivity contribution in [1.82, 2.24) is 9.78 Å². The Bertz CT molecular complexity index is 833. The SMILES string of the molecule is Cc1ccc(NC(=O)c2cc(Cl)n(CS(C)(=O)=O)n2)c(F)c1. The summed E-state index contributed by atoms with van der Waals surface area (Å²) < 4.78 is 37.1. The minimum Gasteiger partial charge on any atom is -0.318 e. The first-order valence-corrected chi connectivity index (χ1v) is 8.58. The first kappa shape index (κ1) is 16.4. The number of hydrogen-bond acceptors (Lipinski definition) is 4. The largest absolute Gasteiger partial charge is 0.318 e. The second kappa shape index (κ2) is 6.05. The van der Waals surface area contributed by atoms with Gasteiger partial charge in [0.2, 0.25) is 0 Å². The maximum atomic E-state index is 13.7. The van der Waals surface area contributed by atoms with Gasteiger partial charge in [0.15, 0.2) is 15.5 Å². The van der Waals surface area contributed by atoms with E-state index in [1.165, 1.54) is 18.2 Å². The van der Waals surface area contributed by atoms with Crippen molar-refractivity contribution in [3.8, 4) is 0 Å². The Morgan fingerprint density at radius 2 is 2.09 bits per heavy atom. The molecule has 0 aliphatic heterocycles. The molecule has 0 atom stereocenters. The number of hydrogen-bond donors (Lipinski definition) is 1. The number of aromatic nitrogens is 2. The van der Waals surface area contributed by atoms with Crippen LogP contribution in [0.25, 0.3) is 0 Å². The highest BCUT2D eigenvalue weighted by Crippen LogP contribution is 2.18. The molecule has 22 heavy (non-hydrogen) atoms. The number of sulfone groups is 1. The van der Waals surface area contributed by atoms with Crippen molar-refractivity contribution in [2.24, 2.45) is 0 Å². The minimum atomic E-state index is -3.36. The molecule has 9 heteroatoms. The molecule has 6 nitrogen and oxygen atoms in total. The van der Waals surface area contributed by atoms with E-state index in [0.717, 1.165) is 16.5 Å². The molecule has 1 amide bonds. The van der Waals surface area contributed by atoms with Gasteiger partial charge in [0.05, 0.1) is 5.69 Å². The molecule has 0 aliphatic rings. The summed E-state index contributed by atoms with van der Waals surface area (Å²) in [6, 6.07) is 5.57. The molecular weight excluding hydrogens is 333 g/mol. The third kappa shape index (κ3) is 4.05. The van der Waals surface area contributed by atoms with E-state index in [-0.39, 0.29) is 16.5 Å². The summed E-state index contributed by atoms with van der Waals surface area (Å²) in [4.78, 5) is 12.0. The molecule has 0 fully saturated rings. The van der Waals surface area contributed by atoms with Crippen molar-refractivity contribution < 1.29 is 17.6 Å². The van der Waals surface area contributed by atoms with Crippen LogP contribution in [-0.4, -0.2) is 30.4 Å². The quantitative estimate of drug-likeness (QED) is 0.921. The van der Waals surface area contributed by atoms with E-state index < -0.39 is 27.4 Å². The van der Waals surface area contributed by atoms with Crippen LogP contribution in [0.2, 0.25) is 5.15 Å². The van der Waals surface area contributed by atoms with E-state index >= 15 is 0 Å². The molecule has 118 valence electrons. The van der Waals surface area contributed by atoms with Crippen LogP contribution >= 0.6 is 11.6 Å². The highest BCUT2D eigenvalue weighted by Gasteiger charge is 2.17. The van der Waals surface area contributed by atoms with E-state index in [4.69, 9.17) is 11.6 Å². The van der Waals surface area contributed by atoms with E-state index in [2.05, 4.69) is 10.4 Å². The van der Waals surface area contributed by atoms with Gasteiger partial charge in [-0.25, -0.2) is 17.5 Å². The number of benzene rings is 1. The number of carbonyl (C=O) groups excluding carboxylic acids is 1. The maximum Gasteiger partial charge on any atom is 0.276 e. The molecule has 1 aromatic heterocycles. The zero-order valence-electron chi connectivity index (χ0n) is 11.8. The lowest BCUT2D eigenvalue weighted by molar-refractivity contribution is 0.102. The maximum absolute atomic E-state index is 13.7. The van der Waals surface area contributed by atoms with Gasteiger partial charge in [-0.1, -0.05) is 17.7 Å². The molecule has 0 bridgehead atoms. The van der Waals surface area contributed by atoms with Gasteiger partial charge in [-0.3, -0.25) is 4.79 Å². The molecular formula is C13H13ClFN3O3S. The summed E-state index contributed by atoms with van der Waals surface area (Å²) in [7, 11) is -3.36. The molecule has 1 heterocycles. The van der Waals surface area contributed by atoms with Crippen molar-refractivity contribution in [2.45, 2.75) is 12.8 Å². The van der Waals surface area contributed by atoms with E-state index in [1.54, 1.807) is 13.0 Å². The standard InChI is InChI=1S/C13H13ClFN3O3S/c1-8-3-4-10(9(15)5-8)16-13(19)11-6-12(14)18(17-11)7-22(2,20)21/h3-6H,7H2,1-2H3,(H,16,19). The Morgan fingerprint density at radius 3 is 2.68 bits per heavy atom. The summed E-state index contributed by atoms with van der Waals surface area (Å²) in [5.41, 5.74) is 0.619.